The predicted molar refractivity (Wildman–Crippen MR) is 96.2 cm³/mol. The number of carbonyl (C=O) groups is 2. The van der Waals surface area contributed by atoms with Crippen molar-refractivity contribution < 1.29 is 14.3 Å². The summed E-state index contributed by atoms with van der Waals surface area (Å²) in [7, 11) is 0. The number of nitrogens with zero attached hydrogens (tertiary/aromatic N) is 1. The number of ether oxygens (including phenoxy) is 1. The van der Waals surface area contributed by atoms with Crippen molar-refractivity contribution in [3.05, 3.63) is 48.0 Å². The van der Waals surface area contributed by atoms with Crippen molar-refractivity contribution >= 4 is 11.8 Å². The van der Waals surface area contributed by atoms with E-state index in [9.17, 15) is 9.59 Å². The molecule has 0 aromatic heterocycles. The van der Waals surface area contributed by atoms with Gasteiger partial charge in [0.15, 0.2) is 0 Å². The van der Waals surface area contributed by atoms with Crippen LogP contribution < -0.4 is 5.32 Å². The van der Waals surface area contributed by atoms with Crippen molar-refractivity contribution in [1.29, 1.82) is 0 Å². The third-order valence-electron chi connectivity index (χ3n) is 5.51. The van der Waals surface area contributed by atoms with Crippen molar-refractivity contribution in [3.8, 4) is 0 Å². The van der Waals surface area contributed by atoms with Crippen molar-refractivity contribution in [2.45, 2.75) is 25.2 Å². The van der Waals surface area contributed by atoms with E-state index in [0.29, 0.717) is 19.6 Å². The maximum absolute atomic E-state index is 12.5. The Bertz CT molecular complexity index is 659. The van der Waals surface area contributed by atoms with Gasteiger partial charge in [0.25, 0.3) is 0 Å². The number of likely N-dealkylation sites (tertiary alicyclic amines) is 1. The lowest BCUT2D eigenvalue weighted by atomic mass is 9.72. The first-order chi connectivity index (χ1) is 12.1. The van der Waals surface area contributed by atoms with Crippen LogP contribution in [-0.2, 0) is 19.7 Å². The van der Waals surface area contributed by atoms with Crippen molar-refractivity contribution in [2.75, 3.05) is 32.8 Å². The summed E-state index contributed by atoms with van der Waals surface area (Å²) in [4.78, 5) is 25.6. The molecule has 2 aliphatic heterocycles. The van der Waals surface area contributed by atoms with E-state index in [1.54, 1.807) is 4.90 Å². The van der Waals surface area contributed by atoms with Crippen LogP contribution >= 0.6 is 0 Å². The molecule has 0 unspecified atom stereocenters. The molecule has 0 atom stereocenters. The molecule has 5 heteroatoms. The van der Waals surface area contributed by atoms with Crippen LogP contribution in [0.5, 0.6) is 0 Å². The van der Waals surface area contributed by atoms with Gasteiger partial charge < -0.3 is 15.0 Å². The second kappa shape index (κ2) is 7.40. The van der Waals surface area contributed by atoms with Gasteiger partial charge in [0.1, 0.15) is 0 Å². The van der Waals surface area contributed by atoms with Crippen LogP contribution in [0, 0.1) is 12.8 Å². The van der Waals surface area contributed by atoms with E-state index in [1.807, 2.05) is 6.07 Å². The molecule has 0 saturated carbocycles. The quantitative estimate of drug-likeness (QED) is 0.830. The monoisotopic (exact) mass is 342 g/mol. The van der Waals surface area contributed by atoms with Gasteiger partial charge in [-0.1, -0.05) is 30.8 Å². The molecule has 2 aliphatic rings. The summed E-state index contributed by atoms with van der Waals surface area (Å²) >= 11 is 0. The highest BCUT2D eigenvalue weighted by Gasteiger charge is 2.38. The fourth-order valence-electron chi connectivity index (χ4n) is 3.83. The van der Waals surface area contributed by atoms with Gasteiger partial charge in [-0.15, -0.1) is 0 Å². The van der Waals surface area contributed by atoms with E-state index in [4.69, 9.17) is 4.74 Å². The summed E-state index contributed by atoms with van der Waals surface area (Å²) in [6.45, 7) is 8.62. The largest absolute Gasteiger partial charge is 0.381 e. The van der Waals surface area contributed by atoms with Gasteiger partial charge in [-0.25, -0.2) is 0 Å². The zero-order valence-electron chi connectivity index (χ0n) is 14.8. The molecule has 134 valence electrons. The number of hydrogen-bond donors (Lipinski definition) is 1. The smallest absolute Gasteiger partial charge is 0.246 e. The number of nitrogens with one attached hydrogen (secondary N) is 1. The Morgan fingerprint density at radius 2 is 2.00 bits per heavy atom. The predicted octanol–water partition coefficient (Wildman–Crippen LogP) is 1.80. The first-order valence-electron chi connectivity index (χ1n) is 8.89. The molecule has 2 saturated heterocycles. The highest BCUT2D eigenvalue weighted by molar-refractivity contribution is 5.90. The van der Waals surface area contributed by atoms with Gasteiger partial charge in [-0.3, -0.25) is 9.59 Å². The summed E-state index contributed by atoms with van der Waals surface area (Å²) in [6, 6.07) is 8.40. The maximum Gasteiger partial charge on any atom is 0.246 e. The third-order valence-corrected chi connectivity index (χ3v) is 5.51. The molecule has 5 nitrogen and oxygen atoms in total. The Kier molecular flexibility index (Phi) is 5.23. The minimum absolute atomic E-state index is 0.0348. The molecule has 1 aromatic rings. The molecule has 25 heavy (non-hydrogen) atoms. The number of rotatable bonds is 5. The number of benzene rings is 1. The molecule has 2 amide bonds. The molecule has 0 aliphatic carbocycles. The third kappa shape index (κ3) is 3.61. The van der Waals surface area contributed by atoms with Crippen LogP contribution in [-0.4, -0.2) is 49.6 Å². The molecule has 1 N–H and O–H groups in total. The van der Waals surface area contributed by atoms with Crippen LogP contribution in [0.2, 0.25) is 0 Å². The molecule has 1 aromatic carbocycles. The number of carbonyl (C=O) groups excluding carboxylic acids is 2. The van der Waals surface area contributed by atoms with Gasteiger partial charge in [0.05, 0.1) is 5.92 Å². The van der Waals surface area contributed by atoms with E-state index < -0.39 is 0 Å². The molecule has 3 rings (SSSR count). The fraction of sp³-hybridized carbons (Fsp3) is 0.500. The lowest BCUT2D eigenvalue weighted by Crippen LogP contribution is -2.56. The van der Waals surface area contributed by atoms with E-state index in [1.165, 1.54) is 17.2 Å². The lowest BCUT2D eigenvalue weighted by molar-refractivity contribution is -0.139. The highest BCUT2D eigenvalue weighted by Crippen LogP contribution is 2.36. The molecule has 2 fully saturated rings. The molecule has 2 heterocycles. The van der Waals surface area contributed by atoms with E-state index in [2.05, 4.69) is 37.0 Å². The van der Waals surface area contributed by atoms with Gasteiger partial charge in [0, 0.05) is 38.3 Å². The number of amides is 2. The Labute approximate surface area is 149 Å². The topological polar surface area (TPSA) is 58.6 Å². The Morgan fingerprint density at radius 3 is 2.64 bits per heavy atom. The van der Waals surface area contributed by atoms with Crippen LogP contribution in [0.3, 0.4) is 0 Å². The summed E-state index contributed by atoms with van der Waals surface area (Å²) < 4.78 is 5.56. The van der Waals surface area contributed by atoms with Gasteiger partial charge in [0.2, 0.25) is 11.8 Å². The van der Waals surface area contributed by atoms with E-state index in [0.717, 1.165) is 26.1 Å². The summed E-state index contributed by atoms with van der Waals surface area (Å²) in [6.07, 6.45) is 3.11. The van der Waals surface area contributed by atoms with Gasteiger partial charge >= 0.3 is 0 Å². The second-order valence-corrected chi connectivity index (χ2v) is 7.07. The zero-order chi connectivity index (χ0) is 17.9. The van der Waals surface area contributed by atoms with Crippen molar-refractivity contribution in [1.82, 2.24) is 10.2 Å². The highest BCUT2D eigenvalue weighted by atomic mass is 16.5. The molecule has 0 radical (unpaired) electrons. The van der Waals surface area contributed by atoms with Crippen LogP contribution in [0.25, 0.3) is 0 Å². The Hall–Kier alpha value is -2.14. The van der Waals surface area contributed by atoms with Crippen molar-refractivity contribution in [3.63, 3.8) is 0 Å². The molecule has 0 spiro atoms. The Morgan fingerprint density at radius 1 is 1.32 bits per heavy atom. The van der Waals surface area contributed by atoms with E-state index >= 15 is 0 Å². The lowest BCUT2D eigenvalue weighted by Gasteiger charge is -2.41. The van der Waals surface area contributed by atoms with Crippen LogP contribution in [0.15, 0.2) is 36.9 Å². The molecule has 0 bridgehead atoms. The normalized spacial score (nSPS) is 19.8. The second-order valence-electron chi connectivity index (χ2n) is 7.07. The minimum Gasteiger partial charge on any atom is -0.381 e. The van der Waals surface area contributed by atoms with Crippen LogP contribution in [0.1, 0.15) is 24.0 Å². The van der Waals surface area contributed by atoms with Gasteiger partial charge in [-0.2, -0.15) is 0 Å². The maximum atomic E-state index is 12.5. The van der Waals surface area contributed by atoms with Gasteiger partial charge in [-0.05, 0) is 37.0 Å². The molecular weight excluding hydrogens is 316 g/mol. The fourth-order valence-corrected chi connectivity index (χ4v) is 3.83. The summed E-state index contributed by atoms with van der Waals surface area (Å²) in [5.41, 5.74) is 2.49. The molecular formula is C20H26N2O3. The summed E-state index contributed by atoms with van der Waals surface area (Å²) in [5.74, 6) is -0.185. The summed E-state index contributed by atoms with van der Waals surface area (Å²) in [5, 5.41) is 3.14. The Balaban J connectivity index is 1.64. The first kappa shape index (κ1) is 17.7. The average molecular weight is 342 g/mol. The minimum atomic E-state index is -0.113. The average Bonchev–Trinajstić information content (AvgIpc) is 2.59. The van der Waals surface area contributed by atoms with Crippen molar-refractivity contribution in [2.24, 2.45) is 5.92 Å². The first-order valence-corrected chi connectivity index (χ1v) is 8.89. The SMILES string of the molecule is C=CC(=O)N1CC(C(=O)NCC2(c3ccccc3C)CCOCC2)C1. The standard InChI is InChI=1S/C20H26N2O3/c1-3-18(23)22-12-16(13-22)19(24)21-14-20(8-10-25-11-9-20)17-7-5-4-6-15(17)2/h3-7,16H,1,8-14H2,2H3,(H,21,24). The number of aryl methyl sites for hydroxylation is 1. The zero-order valence-corrected chi connectivity index (χ0v) is 14.8. The number of hydrogen-bond acceptors (Lipinski definition) is 3. The van der Waals surface area contributed by atoms with E-state index in [-0.39, 0.29) is 23.1 Å². The van der Waals surface area contributed by atoms with Crippen LogP contribution in [0.4, 0.5) is 0 Å².